The van der Waals surface area contributed by atoms with Crippen LogP contribution < -0.4 is 5.32 Å². The average molecular weight is 240 g/mol. The molecule has 2 unspecified atom stereocenters. The Balaban J connectivity index is 2.09. The molecule has 1 saturated carbocycles. The van der Waals surface area contributed by atoms with E-state index < -0.39 is 0 Å². The molecule has 1 aliphatic heterocycles. The highest BCUT2D eigenvalue weighted by atomic mass is 16.3. The molecule has 4 nitrogen and oxygen atoms in total. The number of nitrogens with zero attached hydrogens (tertiary/aromatic N) is 1. The average Bonchev–Trinajstić information content (AvgIpc) is 2.77. The van der Waals surface area contributed by atoms with Gasteiger partial charge in [0, 0.05) is 25.2 Å². The molecule has 4 heteroatoms. The second-order valence-corrected chi connectivity index (χ2v) is 5.40. The predicted octanol–water partition coefficient (Wildman–Crippen LogP) is 0.890. The van der Waals surface area contributed by atoms with E-state index in [9.17, 15) is 4.79 Å². The van der Waals surface area contributed by atoms with Gasteiger partial charge < -0.3 is 10.4 Å². The van der Waals surface area contributed by atoms with Crippen molar-refractivity contribution in [2.24, 2.45) is 0 Å². The third kappa shape index (κ3) is 2.99. The van der Waals surface area contributed by atoms with Gasteiger partial charge in [-0.05, 0) is 32.6 Å². The zero-order valence-corrected chi connectivity index (χ0v) is 10.7. The van der Waals surface area contributed by atoms with Gasteiger partial charge in [-0.25, -0.2) is 0 Å². The summed E-state index contributed by atoms with van der Waals surface area (Å²) in [5.74, 6) is 0.107. The van der Waals surface area contributed by atoms with Crippen LogP contribution in [0.15, 0.2) is 0 Å². The van der Waals surface area contributed by atoms with Gasteiger partial charge in [0.2, 0.25) is 5.91 Å². The standard InChI is InChI=1S/C13H24N2O2/c1-10-6-8-15(11-4-2-3-5-11)12(7-9-16)13(17)14-10/h10-12,16H,2-9H2,1H3,(H,14,17). The molecule has 17 heavy (non-hydrogen) atoms. The minimum Gasteiger partial charge on any atom is -0.396 e. The smallest absolute Gasteiger partial charge is 0.237 e. The Hall–Kier alpha value is -0.610. The number of hydrogen-bond donors (Lipinski definition) is 2. The fourth-order valence-electron chi connectivity index (χ4n) is 3.15. The Labute approximate surface area is 103 Å². The largest absolute Gasteiger partial charge is 0.396 e. The molecule has 0 radical (unpaired) electrons. The molecule has 2 N–H and O–H groups in total. The van der Waals surface area contributed by atoms with Crippen LogP contribution in [-0.4, -0.2) is 47.2 Å². The fourth-order valence-corrected chi connectivity index (χ4v) is 3.15. The van der Waals surface area contributed by atoms with Gasteiger partial charge in [-0.1, -0.05) is 12.8 Å². The van der Waals surface area contributed by atoms with Crippen LogP contribution in [0, 0.1) is 0 Å². The Kier molecular flexibility index (Phi) is 4.40. The Bertz CT molecular complexity index is 264. The SMILES string of the molecule is CC1CCN(C2CCCC2)C(CCO)C(=O)N1. The van der Waals surface area contributed by atoms with Gasteiger partial charge in [0.05, 0.1) is 6.04 Å². The van der Waals surface area contributed by atoms with Crippen molar-refractivity contribution in [1.29, 1.82) is 0 Å². The van der Waals surface area contributed by atoms with E-state index in [4.69, 9.17) is 5.11 Å². The first-order valence-corrected chi connectivity index (χ1v) is 6.89. The van der Waals surface area contributed by atoms with E-state index >= 15 is 0 Å². The third-order valence-electron chi connectivity index (χ3n) is 4.11. The van der Waals surface area contributed by atoms with Gasteiger partial charge in [0.25, 0.3) is 0 Å². The minimum absolute atomic E-state index is 0.0929. The van der Waals surface area contributed by atoms with Gasteiger partial charge >= 0.3 is 0 Å². The van der Waals surface area contributed by atoms with Crippen molar-refractivity contribution in [3.05, 3.63) is 0 Å². The zero-order chi connectivity index (χ0) is 12.3. The highest BCUT2D eigenvalue weighted by Crippen LogP contribution is 2.27. The highest BCUT2D eigenvalue weighted by molar-refractivity contribution is 5.82. The van der Waals surface area contributed by atoms with E-state index in [1.54, 1.807) is 0 Å². The van der Waals surface area contributed by atoms with Gasteiger partial charge in [-0.2, -0.15) is 0 Å². The van der Waals surface area contributed by atoms with Gasteiger partial charge in [0.15, 0.2) is 0 Å². The van der Waals surface area contributed by atoms with Crippen molar-refractivity contribution in [3.8, 4) is 0 Å². The van der Waals surface area contributed by atoms with Crippen molar-refractivity contribution in [2.45, 2.75) is 63.6 Å². The molecule has 2 aliphatic rings. The quantitative estimate of drug-likeness (QED) is 0.770. The second kappa shape index (κ2) is 5.83. The number of aliphatic hydroxyl groups is 1. The first-order valence-electron chi connectivity index (χ1n) is 6.89. The minimum atomic E-state index is -0.118. The van der Waals surface area contributed by atoms with E-state index in [1.165, 1.54) is 25.7 Å². The maximum absolute atomic E-state index is 12.1. The molecule has 1 amide bonds. The molecule has 1 saturated heterocycles. The molecule has 2 fully saturated rings. The number of amides is 1. The summed E-state index contributed by atoms with van der Waals surface area (Å²) in [5, 5.41) is 12.2. The van der Waals surface area contributed by atoms with Gasteiger partial charge in [-0.3, -0.25) is 9.69 Å². The van der Waals surface area contributed by atoms with Gasteiger partial charge in [-0.15, -0.1) is 0 Å². The molecular weight excluding hydrogens is 216 g/mol. The number of nitrogens with one attached hydrogen (secondary N) is 1. The molecular formula is C13H24N2O2. The van der Waals surface area contributed by atoms with Crippen LogP contribution in [0.1, 0.15) is 45.4 Å². The highest BCUT2D eigenvalue weighted by Gasteiger charge is 2.35. The predicted molar refractivity (Wildman–Crippen MR) is 66.7 cm³/mol. The molecule has 1 aliphatic carbocycles. The topological polar surface area (TPSA) is 52.6 Å². The summed E-state index contributed by atoms with van der Waals surface area (Å²) in [6, 6.07) is 0.700. The molecule has 0 aromatic carbocycles. The molecule has 0 aromatic rings. The summed E-state index contributed by atoms with van der Waals surface area (Å²) in [5.41, 5.74) is 0. The summed E-state index contributed by atoms with van der Waals surface area (Å²) >= 11 is 0. The van der Waals surface area contributed by atoms with E-state index in [0.717, 1.165) is 13.0 Å². The number of carbonyl (C=O) groups is 1. The normalized spacial score (nSPS) is 32.5. The molecule has 0 aromatic heterocycles. The van der Waals surface area contributed by atoms with E-state index in [1.807, 2.05) is 0 Å². The first kappa shape index (κ1) is 12.8. The molecule has 0 bridgehead atoms. The lowest BCUT2D eigenvalue weighted by atomic mass is 10.1. The van der Waals surface area contributed by atoms with Crippen LogP contribution >= 0.6 is 0 Å². The fraction of sp³-hybridized carbons (Fsp3) is 0.923. The molecule has 98 valence electrons. The third-order valence-corrected chi connectivity index (χ3v) is 4.11. The Morgan fingerprint density at radius 2 is 2.06 bits per heavy atom. The number of aliphatic hydroxyl groups excluding tert-OH is 1. The lowest BCUT2D eigenvalue weighted by molar-refractivity contribution is -0.127. The summed E-state index contributed by atoms with van der Waals surface area (Å²) in [4.78, 5) is 14.5. The number of carbonyl (C=O) groups excluding carboxylic acids is 1. The first-order chi connectivity index (χ1) is 8.22. The molecule has 2 rings (SSSR count). The summed E-state index contributed by atoms with van der Waals surface area (Å²) < 4.78 is 0. The van der Waals surface area contributed by atoms with Crippen LogP contribution in [-0.2, 0) is 4.79 Å². The number of rotatable bonds is 3. The second-order valence-electron chi connectivity index (χ2n) is 5.40. The van der Waals surface area contributed by atoms with Crippen molar-refractivity contribution in [3.63, 3.8) is 0 Å². The lowest BCUT2D eigenvalue weighted by Crippen LogP contribution is -2.49. The molecule has 1 heterocycles. The van der Waals surface area contributed by atoms with Crippen molar-refractivity contribution < 1.29 is 9.90 Å². The summed E-state index contributed by atoms with van der Waals surface area (Å²) in [6.07, 6.45) is 6.57. The number of hydrogen-bond acceptors (Lipinski definition) is 3. The maximum Gasteiger partial charge on any atom is 0.237 e. The monoisotopic (exact) mass is 240 g/mol. The summed E-state index contributed by atoms with van der Waals surface area (Å²) in [7, 11) is 0. The van der Waals surface area contributed by atoms with Crippen LogP contribution in [0.25, 0.3) is 0 Å². The van der Waals surface area contributed by atoms with E-state index in [2.05, 4.69) is 17.1 Å². The lowest BCUT2D eigenvalue weighted by Gasteiger charge is -2.33. The van der Waals surface area contributed by atoms with Crippen molar-refractivity contribution in [1.82, 2.24) is 10.2 Å². The van der Waals surface area contributed by atoms with Crippen LogP contribution in [0.4, 0.5) is 0 Å². The van der Waals surface area contributed by atoms with Gasteiger partial charge in [0.1, 0.15) is 0 Å². The molecule has 2 atom stereocenters. The van der Waals surface area contributed by atoms with Crippen LogP contribution in [0.2, 0.25) is 0 Å². The van der Waals surface area contributed by atoms with Crippen LogP contribution in [0.5, 0.6) is 0 Å². The maximum atomic E-state index is 12.1. The Morgan fingerprint density at radius 1 is 1.35 bits per heavy atom. The van der Waals surface area contributed by atoms with E-state index in [0.29, 0.717) is 12.5 Å². The van der Waals surface area contributed by atoms with Crippen molar-refractivity contribution >= 4 is 5.91 Å². The molecule has 0 spiro atoms. The summed E-state index contributed by atoms with van der Waals surface area (Å²) in [6.45, 7) is 3.14. The Morgan fingerprint density at radius 3 is 2.71 bits per heavy atom. The van der Waals surface area contributed by atoms with Crippen molar-refractivity contribution in [2.75, 3.05) is 13.2 Å². The zero-order valence-electron chi connectivity index (χ0n) is 10.7. The van der Waals surface area contributed by atoms with E-state index in [-0.39, 0.29) is 24.6 Å². The van der Waals surface area contributed by atoms with Crippen LogP contribution in [0.3, 0.4) is 0 Å².